The van der Waals surface area contributed by atoms with Crippen molar-refractivity contribution in [2.45, 2.75) is 0 Å². The number of phenols is 1. The number of nitro benzene ring substituents is 1. The van der Waals surface area contributed by atoms with E-state index in [2.05, 4.69) is 0 Å². The van der Waals surface area contributed by atoms with E-state index in [4.69, 9.17) is 13.9 Å². The van der Waals surface area contributed by atoms with Crippen LogP contribution >= 0.6 is 0 Å². The highest BCUT2D eigenvalue weighted by Crippen LogP contribution is 2.42. The summed E-state index contributed by atoms with van der Waals surface area (Å²) in [6, 6.07) is 8.28. The number of benzene rings is 2. The topological polar surface area (TPSA) is 112 Å². The summed E-state index contributed by atoms with van der Waals surface area (Å²) >= 11 is 0. The molecule has 2 aromatic carbocycles. The second kappa shape index (κ2) is 6.16. The van der Waals surface area contributed by atoms with E-state index in [0.29, 0.717) is 5.56 Å². The summed E-state index contributed by atoms with van der Waals surface area (Å²) in [5.74, 6) is -0.0544. The fourth-order valence-corrected chi connectivity index (χ4v) is 2.53. The Labute approximate surface area is 141 Å². The Morgan fingerprint density at radius 3 is 2.56 bits per heavy atom. The number of nitro groups is 1. The number of hydrogen-bond donors (Lipinski definition) is 1. The lowest BCUT2D eigenvalue weighted by atomic mass is 10.1. The number of aromatic hydroxyl groups is 1. The molecule has 8 nitrogen and oxygen atoms in total. The summed E-state index contributed by atoms with van der Waals surface area (Å²) in [6.45, 7) is 0. The van der Waals surface area contributed by atoms with Crippen LogP contribution in [0.25, 0.3) is 22.3 Å². The normalized spacial score (nSPS) is 10.6. The van der Waals surface area contributed by atoms with Crippen molar-refractivity contribution in [3.8, 4) is 28.6 Å². The zero-order valence-electron chi connectivity index (χ0n) is 13.3. The Morgan fingerprint density at radius 1 is 1.16 bits per heavy atom. The first-order valence-electron chi connectivity index (χ1n) is 7.13. The second-order valence-electron chi connectivity index (χ2n) is 5.12. The first-order valence-corrected chi connectivity index (χ1v) is 7.13. The highest BCUT2D eigenvalue weighted by molar-refractivity contribution is 5.89. The third kappa shape index (κ3) is 2.74. The van der Waals surface area contributed by atoms with Gasteiger partial charge in [-0.25, -0.2) is 0 Å². The lowest BCUT2D eigenvalue weighted by Gasteiger charge is -2.11. The Bertz CT molecular complexity index is 1040. The first kappa shape index (κ1) is 16.3. The fraction of sp³-hybridized carbons (Fsp3) is 0.118. The molecule has 25 heavy (non-hydrogen) atoms. The summed E-state index contributed by atoms with van der Waals surface area (Å²) in [7, 11) is 2.72. The lowest BCUT2D eigenvalue weighted by molar-refractivity contribution is -0.384. The Hall–Kier alpha value is -3.55. The molecule has 0 fully saturated rings. The van der Waals surface area contributed by atoms with Crippen LogP contribution in [-0.2, 0) is 0 Å². The molecule has 1 aromatic heterocycles. The number of rotatable bonds is 4. The molecule has 0 aliphatic carbocycles. The summed E-state index contributed by atoms with van der Waals surface area (Å²) in [4.78, 5) is 22.8. The van der Waals surface area contributed by atoms with Gasteiger partial charge in [-0.3, -0.25) is 14.9 Å². The van der Waals surface area contributed by atoms with Crippen molar-refractivity contribution in [3.63, 3.8) is 0 Å². The van der Waals surface area contributed by atoms with Gasteiger partial charge in [-0.1, -0.05) is 12.1 Å². The molecule has 128 valence electrons. The standard InChI is InChI=1S/C17H13NO7/c1-23-14-8-13-15(16(20)17(14)24-2)11(19)7-12(25-13)9-4-3-5-10(6-9)18(21)22/h3-8,20H,1-2H3. The molecule has 0 aliphatic heterocycles. The maximum Gasteiger partial charge on any atom is 0.270 e. The Balaban J connectivity index is 2.28. The van der Waals surface area contributed by atoms with Gasteiger partial charge in [0.05, 0.1) is 19.1 Å². The highest BCUT2D eigenvalue weighted by atomic mass is 16.6. The van der Waals surface area contributed by atoms with Gasteiger partial charge in [0.1, 0.15) is 16.7 Å². The number of nitrogens with zero attached hydrogens (tertiary/aromatic N) is 1. The van der Waals surface area contributed by atoms with Crippen LogP contribution in [0.2, 0.25) is 0 Å². The van der Waals surface area contributed by atoms with Crippen molar-refractivity contribution in [2.75, 3.05) is 14.2 Å². The quantitative estimate of drug-likeness (QED) is 0.572. The van der Waals surface area contributed by atoms with Gasteiger partial charge in [-0.2, -0.15) is 0 Å². The van der Waals surface area contributed by atoms with Crippen molar-refractivity contribution in [1.82, 2.24) is 0 Å². The molecule has 0 saturated heterocycles. The molecule has 3 aromatic rings. The van der Waals surface area contributed by atoms with Crippen LogP contribution in [0.4, 0.5) is 5.69 Å². The van der Waals surface area contributed by atoms with E-state index in [9.17, 15) is 20.0 Å². The number of phenolic OH excluding ortho intramolecular Hbond substituents is 1. The van der Waals surface area contributed by atoms with Crippen LogP contribution in [0.3, 0.4) is 0 Å². The molecule has 0 atom stereocenters. The third-order valence-electron chi connectivity index (χ3n) is 3.68. The minimum Gasteiger partial charge on any atom is -0.504 e. The van der Waals surface area contributed by atoms with E-state index in [1.165, 1.54) is 38.5 Å². The molecule has 0 amide bonds. The average Bonchev–Trinajstić information content (AvgIpc) is 2.60. The van der Waals surface area contributed by atoms with E-state index in [1.54, 1.807) is 6.07 Å². The minimum absolute atomic E-state index is 0.0189. The van der Waals surface area contributed by atoms with Gasteiger partial charge in [0.25, 0.3) is 5.69 Å². The van der Waals surface area contributed by atoms with Gasteiger partial charge in [-0.15, -0.1) is 0 Å². The SMILES string of the molecule is COc1cc2oc(-c3cccc([N+](=O)[O-])c3)cc(=O)c2c(O)c1OC. The molecular formula is C17H13NO7. The van der Waals surface area contributed by atoms with Gasteiger partial charge in [0, 0.05) is 29.8 Å². The molecule has 0 radical (unpaired) electrons. The molecule has 0 unspecified atom stereocenters. The average molecular weight is 343 g/mol. The van der Waals surface area contributed by atoms with Crippen molar-refractivity contribution < 1.29 is 23.9 Å². The van der Waals surface area contributed by atoms with Gasteiger partial charge in [0.2, 0.25) is 5.75 Å². The maximum atomic E-state index is 12.4. The van der Waals surface area contributed by atoms with Gasteiger partial charge in [0.15, 0.2) is 16.9 Å². The number of non-ortho nitro benzene ring substituents is 1. The van der Waals surface area contributed by atoms with Gasteiger partial charge >= 0.3 is 0 Å². The van der Waals surface area contributed by atoms with Crippen LogP contribution in [-0.4, -0.2) is 24.2 Å². The van der Waals surface area contributed by atoms with Crippen LogP contribution in [0.1, 0.15) is 0 Å². The van der Waals surface area contributed by atoms with Crippen molar-refractivity contribution >= 4 is 16.7 Å². The van der Waals surface area contributed by atoms with E-state index < -0.39 is 16.1 Å². The molecule has 0 bridgehead atoms. The van der Waals surface area contributed by atoms with Gasteiger partial charge in [-0.05, 0) is 0 Å². The van der Waals surface area contributed by atoms with Crippen molar-refractivity contribution in [2.24, 2.45) is 0 Å². The summed E-state index contributed by atoms with van der Waals surface area (Å²) in [5, 5.41) is 21.1. The van der Waals surface area contributed by atoms with E-state index in [0.717, 1.165) is 6.07 Å². The molecule has 0 spiro atoms. The zero-order chi connectivity index (χ0) is 18.1. The molecule has 1 N–H and O–H groups in total. The zero-order valence-corrected chi connectivity index (χ0v) is 13.3. The fourth-order valence-electron chi connectivity index (χ4n) is 2.53. The summed E-state index contributed by atoms with van der Waals surface area (Å²) in [5.41, 5.74) is -0.205. The predicted molar refractivity (Wildman–Crippen MR) is 89.3 cm³/mol. The Morgan fingerprint density at radius 2 is 1.92 bits per heavy atom. The number of methoxy groups -OCH3 is 2. The second-order valence-corrected chi connectivity index (χ2v) is 5.12. The number of hydrogen-bond acceptors (Lipinski definition) is 7. The minimum atomic E-state index is -0.539. The van der Waals surface area contributed by atoms with Gasteiger partial charge < -0.3 is 19.0 Å². The number of ether oxygens (including phenoxy) is 2. The Kier molecular flexibility index (Phi) is 4.02. The highest BCUT2D eigenvalue weighted by Gasteiger charge is 2.19. The molecular weight excluding hydrogens is 330 g/mol. The molecule has 0 saturated carbocycles. The number of fused-ring (bicyclic) bond motifs is 1. The largest absolute Gasteiger partial charge is 0.504 e. The van der Waals surface area contributed by atoms with Crippen molar-refractivity contribution in [1.29, 1.82) is 0 Å². The van der Waals surface area contributed by atoms with Crippen LogP contribution < -0.4 is 14.9 Å². The predicted octanol–water partition coefficient (Wildman–Crippen LogP) is 3.09. The third-order valence-corrected chi connectivity index (χ3v) is 3.68. The summed E-state index contributed by atoms with van der Waals surface area (Å²) in [6.07, 6.45) is 0. The maximum absolute atomic E-state index is 12.4. The van der Waals surface area contributed by atoms with Crippen molar-refractivity contribution in [3.05, 3.63) is 56.7 Å². The van der Waals surface area contributed by atoms with E-state index >= 15 is 0 Å². The molecule has 1 heterocycles. The van der Waals surface area contributed by atoms with Crippen LogP contribution in [0.15, 0.2) is 45.6 Å². The monoisotopic (exact) mass is 343 g/mol. The summed E-state index contributed by atoms with van der Waals surface area (Å²) < 4.78 is 15.8. The smallest absolute Gasteiger partial charge is 0.270 e. The molecule has 3 rings (SSSR count). The molecule has 0 aliphatic rings. The van der Waals surface area contributed by atoms with Crippen LogP contribution in [0.5, 0.6) is 17.2 Å². The molecule has 8 heteroatoms. The van der Waals surface area contributed by atoms with E-state index in [1.807, 2.05) is 0 Å². The first-order chi connectivity index (χ1) is 12.0. The van der Waals surface area contributed by atoms with E-state index in [-0.39, 0.29) is 33.9 Å². The lowest BCUT2D eigenvalue weighted by Crippen LogP contribution is -2.03. The van der Waals surface area contributed by atoms with Crippen LogP contribution in [0, 0.1) is 10.1 Å².